The van der Waals surface area contributed by atoms with Gasteiger partial charge in [-0.2, -0.15) is 0 Å². The van der Waals surface area contributed by atoms with E-state index in [2.05, 4.69) is 17.6 Å². The summed E-state index contributed by atoms with van der Waals surface area (Å²) >= 11 is 0. The van der Waals surface area contributed by atoms with Gasteiger partial charge in [-0.15, -0.1) is 0 Å². The second-order valence-corrected chi connectivity index (χ2v) is 8.09. The van der Waals surface area contributed by atoms with Gasteiger partial charge in [0.1, 0.15) is 5.60 Å². The lowest BCUT2D eigenvalue weighted by molar-refractivity contribution is 0.0459. The zero-order valence-electron chi connectivity index (χ0n) is 14.8. The van der Waals surface area contributed by atoms with Gasteiger partial charge in [-0.05, 0) is 58.8 Å². The van der Waals surface area contributed by atoms with Crippen molar-refractivity contribution in [2.45, 2.75) is 103 Å². The summed E-state index contributed by atoms with van der Waals surface area (Å²) in [4.78, 5) is 11.7. The Morgan fingerprint density at radius 3 is 2.32 bits per heavy atom. The first-order chi connectivity index (χ1) is 10.4. The highest BCUT2D eigenvalue weighted by molar-refractivity contribution is 5.68. The zero-order valence-corrected chi connectivity index (χ0v) is 14.8. The van der Waals surface area contributed by atoms with Gasteiger partial charge in [0.25, 0.3) is 0 Å². The molecule has 0 saturated heterocycles. The maximum absolute atomic E-state index is 11.7. The molecule has 4 nitrogen and oxygen atoms in total. The second-order valence-electron chi connectivity index (χ2n) is 8.09. The van der Waals surface area contributed by atoms with Gasteiger partial charge >= 0.3 is 6.09 Å². The van der Waals surface area contributed by atoms with Crippen LogP contribution in [-0.2, 0) is 4.74 Å². The van der Waals surface area contributed by atoms with Crippen molar-refractivity contribution in [1.82, 2.24) is 10.6 Å². The molecule has 0 heterocycles. The average Bonchev–Trinajstić information content (AvgIpc) is 2.40. The summed E-state index contributed by atoms with van der Waals surface area (Å²) in [5.74, 6) is 0.858. The fourth-order valence-corrected chi connectivity index (χ4v) is 3.77. The van der Waals surface area contributed by atoms with E-state index in [9.17, 15) is 4.79 Å². The van der Waals surface area contributed by atoms with E-state index in [-0.39, 0.29) is 12.1 Å². The molecule has 0 aromatic heterocycles. The third-order valence-corrected chi connectivity index (χ3v) is 4.97. The standard InChI is InChI=1S/C18H34N2O2/c1-5-16(13-9-7-6-8-10-13)19-14-11-15(12-14)20-17(21)22-18(2,3)4/h13-16,19H,5-12H2,1-4H3,(H,20,21). The van der Waals surface area contributed by atoms with Crippen LogP contribution >= 0.6 is 0 Å². The molecule has 0 bridgehead atoms. The fourth-order valence-electron chi connectivity index (χ4n) is 3.77. The summed E-state index contributed by atoms with van der Waals surface area (Å²) in [6.45, 7) is 7.98. The van der Waals surface area contributed by atoms with Crippen LogP contribution in [0.25, 0.3) is 0 Å². The van der Waals surface area contributed by atoms with Gasteiger partial charge in [-0.25, -0.2) is 4.79 Å². The molecule has 4 heteroatoms. The summed E-state index contributed by atoms with van der Waals surface area (Å²) in [5, 5.41) is 6.80. The molecule has 0 aromatic rings. The number of hydrogen-bond acceptors (Lipinski definition) is 3. The predicted molar refractivity (Wildman–Crippen MR) is 90.0 cm³/mol. The molecular formula is C18H34N2O2. The first-order valence-corrected chi connectivity index (χ1v) is 9.13. The van der Waals surface area contributed by atoms with Crippen LogP contribution in [0.15, 0.2) is 0 Å². The SMILES string of the molecule is CCC(NC1CC(NC(=O)OC(C)(C)C)C1)C1CCCCC1. The Kier molecular flexibility index (Phi) is 6.13. The predicted octanol–water partition coefficient (Wildman–Crippen LogP) is 3.99. The number of amides is 1. The molecule has 1 atom stereocenters. The van der Waals surface area contributed by atoms with Crippen LogP contribution in [-0.4, -0.2) is 29.8 Å². The number of ether oxygens (including phenoxy) is 1. The van der Waals surface area contributed by atoms with Crippen LogP contribution in [0.1, 0.15) is 79.1 Å². The van der Waals surface area contributed by atoms with Crippen molar-refractivity contribution in [2.75, 3.05) is 0 Å². The fraction of sp³-hybridized carbons (Fsp3) is 0.944. The quantitative estimate of drug-likeness (QED) is 0.807. The minimum Gasteiger partial charge on any atom is -0.444 e. The lowest BCUT2D eigenvalue weighted by atomic mass is 9.80. The number of carbonyl (C=O) groups excluding carboxylic acids is 1. The van der Waals surface area contributed by atoms with Crippen LogP contribution in [0.3, 0.4) is 0 Å². The Balaban J connectivity index is 1.66. The Hall–Kier alpha value is -0.770. The molecule has 2 aliphatic carbocycles. The van der Waals surface area contributed by atoms with E-state index in [1.54, 1.807) is 0 Å². The monoisotopic (exact) mass is 310 g/mol. The summed E-state index contributed by atoms with van der Waals surface area (Å²) in [7, 11) is 0. The molecule has 2 fully saturated rings. The van der Waals surface area contributed by atoms with Crippen molar-refractivity contribution in [3.8, 4) is 0 Å². The molecule has 0 spiro atoms. The van der Waals surface area contributed by atoms with Gasteiger partial charge in [0.05, 0.1) is 0 Å². The summed E-state index contributed by atoms with van der Waals surface area (Å²) < 4.78 is 5.31. The summed E-state index contributed by atoms with van der Waals surface area (Å²) in [5.41, 5.74) is -0.417. The highest BCUT2D eigenvalue weighted by Crippen LogP contribution is 2.30. The molecule has 128 valence electrons. The zero-order chi connectivity index (χ0) is 16.2. The molecule has 0 aliphatic heterocycles. The molecule has 2 N–H and O–H groups in total. The van der Waals surface area contributed by atoms with E-state index in [1.807, 2.05) is 20.8 Å². The molecule has 2 saturated carbocycles. The van der Waals surface area contributed by atoms with E-state index in [0.717, 1.165) is 18.8 Å². The Morgan fingerprint density at radius 2 is 1.77 bits per heavy atom. The van der Waals surface area contributed by atoms with E-state index < -0.39 is 5.60 Å². The van der Waals surface area contributed by atoms with Crippen LogP contribution in [0.4, 0.5) is 4.79 Å². The summed E-state index contributed by atoms with van der Waals surface area (Å²) in [6.07, 6.45) is 9.98. The first-order valence-electron chi connectivity index (χ1n) is 9.13. The molecule has 2 rings (SSSR count). The van der Waals surface area contributed by atoms with Gasteiger partial charge in [-0.3, -0.25) is 0 Å². The Morgan fingerprint density at radius 1 is 1.14 bits per heavy atom. The highest BCUT2D eigenvalue weighted by Gasteiger charge is 2.34. The van der Waals surface area contributed by atoms with Crippen molar-refractivity contribution in [3.05, 3.63) is 0 Å². The van der Waals surface area contributed by atoms with Crippen LogP contribution in [0, 0.1) is 5.92 Å². The van der Waals surface area contributed by atoms with Crippen LogP contribution in [0.5, 0.6) is 0 Å². The number of nitrogens with one attached hydrogen (secondary N) is 2. The van der Waals surface area contributed by atoms with Gasteiger partial charge in [0, 0.05) is 18.1 Å². The van der Waals surface area contributed by atoms with E-state index >= 15 is 0 Å². The normalized spacial score (nSPS) is 27.8. The van der Waals surface area contributed by atoms with E-state index in [1.165, 1.54) is 38.5 Å². The maximum Gasteiger partial charge on any atom is 0.407 e. The van der Waals surface area contributed by atoms with Crippen molar-refractivity contribution in [2.24, 2.45) is 5.92 Å². The largest absolute Gasteiger partial charge is 0.444 e. The van der Waals surface area contributed by atoms with Crippen LogP contribution < -0.4 is 10.6 Å². The Labute approximate surface area is 135 Å². The molecule has 1 amide bonds. The highest BCUT2D eigenvalue weighted by atomic mass is 16.6. The minimum atomic E-state index is -0.417. The number of carbonyl (C=O) groups is 1. The molecule has 0 aromatic carbocycles. The number of hydrogen-bond donors (Lipinski definition) is 2. The molecule has 22 heavy (non-hydrogen) atoms. The molecule has 0 radical (unpaired) electrons. The topological polar surface area (TPSA) is 50.4 Å². The van der Waals surface area contributed by atoms with Gasteiger partial charge in [0.15, 0.2) is 0 Å². The third-order valence-electron chi connectivity index (χ3n) is 4.97. The maximum atomic E-state index is 11.7. The van der Waals surface area contributed by atoms with Gasteiger partial charge < -0.3 is 15.4 Å². The lowest BCUT2D eigenvalue weighted by Gasteiger charge is -2.41. The second kappa shape index (κ2) is 7.67. The number of rotatable bonds is 5. The third kappa shape index (κ3) is 5.45. The minimum absolute atomic E-state index is 0.274. The van der Waals surface area contributed by atoms with E-state index in [4.69, 9.17) is 4.74 Å². The van der Waals surface area contributed by atoms with Gasteiger partial charge in [-0.1, -0.05) is 26.2 Å². The molecule has 1 unspecified atom stereocenters. The van der Waals surface area contributed by atoms with Gasteiger partial charge in [0.2, 0.25) is 0 Å². The lowest BCUT2D eigenvalue weighted by Crippen LogP contribution is -2.56. The van der Waals surface area contributed by atoms with Crippen LogP contribution in [0.2, 0.25) is 0 Å². The molecule has 2 aliphatic rings. The smallest absolute Gasteiger partial charge is 0.407 e. The van der Waals surface area contributed by atoms with Crippen molar-refractivity contribution in [1.29, 1.82) is 0 Å². The van der Waals surface area contributed by atoms with Crippen molar-refractivity contribution < 1.29 is 9.53 Å². The van der Waals surface area contributed by atoms with Crippen molar-refractivity contribution >= 4 is 6.09 Å². The Bertz CT molecular complexity index is 353. The average molecular weight is 310 g/mol. The van der Waals surface area contributed by atoms with Crippen molar-refractivity contribution in [3.63, 3.8) is 0 Å². The summed E-state index contributed by atoms with van der Waals surface area (Å²) in [6, 6.07) is 1.50. The molecular weight excluding hydrogens is 276 g/mol. The number of alkyl carbamates (subject to hydrolysis) is 1. The first kappa shape index (κ1) is 17.6. The van der Waals surface area contributed by atoms with E-state index in [0.29, 0.717) is 12.1 Å².